The van der Waals surface area contributed by atoms with Gasteiger partial charge in [0.15, 0.2) is 5.71 Å². The zero-order valence-electron chi connectivity index (χ0n) is 12.1. The largest absolute Gasteiger partial charge is 0.478 e. The summed E-state index contributed by atoms with van der Waals surface area (Å²) >= 11 is 0. The number of nitrogens with two attached hydrogens (primary N) is 1. The summed E-state index contributed by atoms with van der Waals surface area (Å²) in [5.41, 5.74) is -4.41. The molecule has 0 amide bonds. The quantitative estimate of drug-likeness (QED) is 0.456. The molecule has 4 nitrogen and oxygen atoms in total. The van der Waals surface area contributed by atoms with Crippen LogP contribution in [0.4, 0.5) is 45.2 Å². The third kappa shape index (κ3) is 5.13. The number of benzene rings is 1. The lowest BCUT2D eigenvalue weighted by Gasteiger charge is -2.14. The lowest BCUT2D eigenvalue weighted by Crippen LogP contribution is -2.29. The molecule has 26 heavy (non-hydrogen) atoms. The molecule has 144 valence electrons. The summed E-state index contributed by atoms with van der Waals surface area (Å²) in [5, 5.41) is 8.66. The highest BCUT2D eigenvalue weighted by Gasteiger charge is 2.41. The maximum absolute atomic E-state index is 12.9. The number of carboxylic acid groups (broad SMARTS) is 1. The predicted octanol–water partition coefficient (Wildman–Crippen LogP) is 4.29. The number of halogens is 9. The second kappa shape index (κ2) is 6.88. The Kier molecular flexibility index (Phi) is 5.64. The molecule has 0 aromatic heterocycles. The SMILES string of the molecule is NC=C(C(=O)O)C(=Nc1cc(C(F)(F)F)cc(C(F)(F)F)c1)C(F)(F)F. The summed E-state index contributed by atoms with van der Waals surface area (Å²) in [6, 6.07) is -0.489. The zero-order valence-corrected chi connectivity index (χ0v) is 12.1. The first-order chi connectivity index (χ1) is 11.6. The van der Waals surface area contributed by atoms with Crippen molar-refractivity contribution in [1.29, 1.82) is 0 Å². The summed E-state index contributed by atoms with van der Waals surface area (Å²) in [4.78, 5) is 13.4. The van der Waals surface area contributed by atoms with E-state index < -0.39 is 52.6 Å². The van der Waals surface area contributed by atoms with E-state index in [1.54, 1.807) is 0 Å². The van der Waals surface area contributed by atoms with Crippen LogP contribution in [0.3, 0.4) is 0 Å². The van der Waals surface area contributed by atoms with Gasteiger partial charge in [-0.25, -0.2) is 9.79 Å². The van der Waals surface area contributed by atoms with Crippen molar-refractivity contribution in [3.05, 3.63) is 41.1 Å². The normalized spacial score (nSPS) is 14.5. The Hall–Kier alpha value is -2.73. The number of carboxylic acids is 1. The number of hydrogen-bond donors (Lipinski definition) is 2. The Labute approximate surface area is 138 Å². The lowest BCUT2D eigenvalue weighted by molar-refractivity contribution is -0.143. The zero-order chi connectivity index (χ0) is 20.5. The standard InChI is InChI=1S/C13H7F9N2O2/c14-11(15,16)5-1-6(12(17,18)19)3-7(2-5)24-9(13(20,21)22)8(4-23)10(25)26/h1-4H,23H2,(H,25,26). The topological polar surface area (TPSA) is 75.7 Å². The molecule has 1 aromatic rings. The van der Waals surface area contributed by atoms with Gasteiger partial charge in [0.1, 0.15) is 5.57 Å². The molecule has 0 heterocycles. The van der Waals surface area contributed by atoms with Crippen LogP contribution in [0.5, 0.6) is 0 Å². The maximum atomic E-state index is 12.9. The van der Waals surface area contributed by atoms with Crippen LogP contribution in [0.2, 0.25) is 0 Å². The average Bonchev–Trinajstić information content (AvgIpc) is 2.43. The average molecular weight is 394 g/mol. The highest BCUT2D eigenvalue weighted by Crippen LogP contribution is 2.39. The van der Waals surface area contributed by atoms with Crippen LogP contribution in [0, 0.1) is 0 Å². The molecule has 1 rings (SSSR count). The number of aliphatic imine (C=N–C) groups is 1. The fourth-order valence-electron chi connectivity index (χ4n) is 1.66. The van der Waals surface area contributed by atoms with E-state index in [2.05, 4.69) is 4.99 Å². The number of aliphatic carboxylic acids is 1. The van der Waals surface area contributed by atoms with Gasteiger partial charge < -0.3 is 10.8 Å². The van der Waals surface area contributed by atoms with E-state index in [0.717, 1.165) is 0 Å². The van der Waals surface area contributed by atoms with Gasteiger partial charge in [0, 0.05) is 6.20 Å². The van der Waals surface area contributed by atoms with Crippen molar-refractivity contribution in [1.82, 2.24) is 0 Å². The fraction of sp³-hybridized carbons (Fsp3) is 0.231. The van der Waals surface area contributed by atoms with Gasteiger partial charge in [-0.2, -0.15) is 39.5 Å². The highest BCUT2D eigenvalue weighted by molar-refractivity contribution is 6.22. The molecule has 13 heteroatoms. The molecule has 0 aliphatic carbocycles. The summed E-state index contributed by atoms with van der Waals surface area (Å²) in [7, 11) is 0. The van der Waals surface area contributed by atoms with Crippen molar-refractivity contribution < 1.29 is 49.4 Å². The van der Waals surface area contributed by atoms with Crippen LogP contribution in [-0.4, -0.2) is 23.0 Å². The minimum absolute atomic E-state index is 0.0348. The van der Waals surface area contributed by atoms with E-state index in [-0.39, 0.29) is 24.4 Å². The molecule has 0 aliphatic rings. The second-order valence-corrected chi connectivity index (χ2v) is 4.61. The van der Waals surface area contributed by atoms with Crippen molar-refractivity contribution in [2.24, 2.45) is 10.7 Å². The van der Waals surface area contributed by atoms with E-state index in [0.29, 0.717) is 0 Å². The molecule has 3 N–H and O–H groups in total. The Morgan fingerprint density at radius 1 is 0.923 bits per heavy atom. The van der Waals surface area contributed by atoms with Gasteiger partial charge in [-0.1, -0.05) is 0 Å². The molecule has 0 unspecified atom stereocenters. The van der Waals surface area contributed by atoms with Crippen molar-refractivity contribution in [2.75, 3.05) is 0 Å². The minimum atomic E-state index is -5.52. The third-order valence-corrected chi connectivity index (χ3v) is 2.73. The Morgan fingerprint density at radius 3 is 1.62 bits per heavy atom. The molecular weight excluding hydrogens is 387 g/mol. The summed E-state index contributed by atoms with van der Waals surface area (Å²) in [6.07, 6.45) is -16.2. The second-order valence-electron chi connectivity index (χ2n) is 4.61. The molecule has 0 radical (unpaired) electrons. The van der Waals surface area contributed by atoms with Gasteiger partial charge in [-0.15, -0.1) is 0 Å². The van der Waals surface area contributed by atoms with Crippen molar-refractivity contribution >= 4 is 17.4 Å². The summed E-state index contributed by atoms with van der Waals surface area (Å²) in [6.45, 7) is 0. The Balaban J connectivity index is 3.76. The van der Waals surface area contributed by atoms with Crippen LogP contribution in [-0.2, 0) is 17.1 Å². The highest BCUT2D eigenvalue weighted by atomic mass is 19.4. The number of nitrogens with zero attached hydrogens (tertiary/aromatic N) is 1. The van der Waals surface area contributed by atoms with E-state index >= 15 is 0 Å². The van der Waals surface area contributed by atoms with Crippen LogP contribution >= 0.6 is 0 Å². The van der Waals surface area contributed by atoms with Gasteiger partial charge >= 0.3 is 24.5 Å². The molecular formula is C13H7F9N2O2. The van der Waals surface area contributed by atoms with Gasteiger partial charge in [-0.3, -0.25) is 0 Å². The van der Waals surface area contributed by atoms with Crippen molar-refractivity contribution in [3.63, 3.8) is 0 Å². The fourth-order valence-corrected chi connectivity index (χ4v) is 1.66. The maximum Gasteiger partial charge on any atom is 0.434 e. The first kappa shape index (κ1) is 21.3. The first-order valence-electron chi connectivity index (χ1n) is 6.18. The van der Waals surface area contributed by atoms with Crippen LogP contribution in [0.15, 0.2) is 35.0 Å². The van der Waals surface area contributed by atoms with Crippen molar-refractivity contribution in [3.8, 4) is 0 Å². The summed E-state index contributed by atoms with van der Waals surface area (Å²) in [5.74, 6) is -2.23. The molecule has 0 spiro atoms. The predicted molar refractivity (Wildman–Crippen MR) is 69.5 cm³/mol. The molecule has 0 atom stereocenters. The lowest BCUT2D eigenvalue weighted by atomic mass is 10.1. The van der Waals surface area contributed by atoms with Crippen LogP contribution < -0.4 is 5.73 Å². The van der Waals surface area contributed by atoms with E-state index in [1.165, 1.54) is 0 Å². The minimum Gasteiger partial charge on any atom is -0.478 e. The molecule has 0 saturated heterocycles. The van der Waals surface area contributed by atoms with Gasteiger partial charge in [0.2, 0.25) is 0 Å². The van der Waals surface area contributed by atoms with E-state index in [4.69, 9.17) is 10.8 Å². The van der Waals surface area contributed by atoms with Gasteiger partial charge in [0.05, 0.1) is 16.8 Å². The summed E-state index contributed by atoms with van der Waals surface area (Å²) < 4.78 is 115. The van der Waals surface area contributed by atoms with Gasteiger partial charge in [-0.05, 0) is 18.2 Å². The van der Waals surface area contributed by atoms with Crippen molar-refractivity contribution in [2.45, 2.75) is 18.5 Å². The molecule has 0 bridgehead atoms. The smallest absolute Gasteiger partial charge is 0.434 e. The third-order valence-electron chi connectivity index (χ3n) is 2.73. The van der Waals surface area contributed by atoms with Gasteiger partial charge in [0.25, 0.3) is 0 Å². The number of alkyl halides is 9. The Bertz CT molecular complexity index is 726. The molecule has 0 saturated carbocycles. The first-order valence-corrected chi connectivity index (χ1v) is 6.18. The monoisotopic (exact) mass is 394 g/mol. The number of rotatable bonds is 3. The number of hydrogen-bond acceptors (Lipinski definition) is 3. The van der Waals surface area contributed by atoms with Crippen LogP contribution in [0.25, 0.3) is 0 Å². The van der Waals surface area contributed by atoms with Crippen LogP contribution in [0.1, 0.15) is 11.1 Å². The molecule has 0 aliphatic heterocycles. The Morgan fingerprint density at radius 2 is 1.35 bits per heavy atom. The number of carbonyl (C=O) groups is 1. The molecule has 1 aromatic carbocycles. The molecule has 0 fully saturated rings. The van der Waals surface area contributed by atoms with E-state index in [1.807, 2.05) is 0 Å². The van der Waals surface area contributed by atoms with E-state index in [9.17, 15) is 44.3 Å².